The van der Waals surface area contributed by atoms with Crippen molar-refractivity contribution in [3.63, 3.8) is 0 Å². The number of Topliss-reactive ketones (excluding diaryl/α,β-unsaturated/α-hetero) is 1. The molecule has 0 radical (unpaired) electrons. The maximum Gasteiger partial charge on any atom is 0.295 e. The first-order valence-corrected chi connectivity index (χ1v) is 12.4. The largest absolute Gasteiger partial charge is 0.507 e. The van der Waals surface area contributed by atoms with Crippen LogP contribution in [0.2, 0.25) is 0 Å². The van der Waals surface area contributed by atoms with Crippen LogP contribution in [-0.2, 0) is 14.3 Å². The third-order valence-corrected chi connectivity index (χ3v) is 6.41. The Balaban J connectivity index is 1.69. The van der Waals surface area contributed by atoms with Crippen LogP contribution in [0.3, 0.4) is 0 Å². The molecule has 0 bridgehead atoms. The van der Waals surface area contributed by atoms with Crippen LogP contribution in [0.15, 0.2) is 54.1 Å². The average molecular weight is 510 g/mol. The van der Waals surface area contributed by atoms with Crippen molar-refractivity contribution < 1.29 is 29.1 Å². The number of aliphatic hydroxyl groups excluding tert-OH is 1. The lowest BCUT2D eigenvalue weighted by atomic mass is 9.95. The molecule has 0 saturated carbocycles. The summed E-state index contributed by atoms with van der Waals surface area (Å²) in [6.45, 7) is 7.66. The van der Waals surface area contributed by atoms with Gasteiger partial charge in [0.1, 0.15) is 11.5 Å². The number of hydrogen-bond acceptors (Lipinski definition) is 8. The summed E-state index contributed by atoms with van der Waals surface area (Å²) in [7, 11) is 0. The number of hydrogen-bond donors (Lipinski definition) is 1. The van der Waals surface area contributed by atoms with Crippen LogP contribution in [0.1, 0.15) is 37.4 Å². The summed E-state index contributed by atoms with van der Waals surface area (Å²) < 4.78 is 11.0. The number of benzene rings is 2. The zero-order chi connectivity index (χ0) is 26.5. The molecule has 2 aromatic rings. The van der Waals surface area contributed by atoms with Gasteiger partial charge in [-0.25, -0.2) is 0 Å². The van der Waals surface area contributed by atoms with E-state index in [0.29, 0.717) is 43.1 Å². The molecule has 37 heavy (non-hydrogen) atoms. The summed E-state index contributed by atoms with van der Waals surface area (Å²) >= 11 is 0. The molecule has 0 aromatic heterocycles. The Hall–Kier alpha value is -3.76. The first kappa shape index (κ1) is 26.3. The molecule has 4 rings (SSSR count). The van der Waals surface area contributed by atoms with Gasteiger partial charge in [0.15, 0.2) is 0 Å². The number of likely N-dealkylation sites (tertiary alicyclic amines) is 1. The number of morpholine rings is 1. The highest BCUT2D eigenvalue weighted by atomic mass is 16.6. The predicted octanol–water partition coefficient (Wildman–Crippen LogP) is 3.53. The van der Waals surface area contributed by atoms with Crippen LogP contribution < -0.4 is 4.74 Å². The topological polar surface area (TPSA) is 122 Å². The molecule has 10 nitrogen and oxygen atoms in total. The third kappa shape index (κ3) is 5.98. The van der Waals surface area contributed by atoms with Gasteiger partial charge < -0.3 is 19.5 Å². The molecule has 1 N–H and O–H groups in total. The molecule has 2 aromatic carbocycles. The van der Waals surface area contributed by atoms with Crippen LogP contribution in [0.5, 0.6) is 5.75 Å². The molecule has 0 spiro atoms. The fraction of sp³-hybridized carbons (Fsp3) is 0.407. The van der Waals surface area contributed by atoms with E-state index < -0.39 is 22.7 Å². The summed E-state index contributed by atoms with van der Waals surface area (Å²) in [5.41, 5.74) is 0.486. The molecule has 196 valence electrons. The molecule has 2 heterocycles. The van der Waals surface area contributed by atoms with E-state index in [2.05, 4.69) is 4.90 Å². The van der Waals surface area contributed by atoms with Crippen LogP contribution in [0, 0.1) is 10.1 Å². The molecule has 2 fully saturated rings. The van der Waals surface area contributed by atoms with Gasteiger partial charge in [-0.3, -0.25) is 24.6 Å². The minimum Gasteiger partial charge on any atom is -0.507 e. The number of carbonyl (C=O) groups is 2. The van der Waals surface area contributed by atoms with E-state index in [9.17, 15) is 24.8 Å². The lowest BCUT2D eigenvalue weighted by Gasteiger charge is -2.29. The Kier molecular flexibility index (Phi) is 8.20. The Morgan fingerprint density at radius 1 is 1.14 bits per heavy atom. The summed E-state index contributed by atoms with van der Waals surface area (Å²) in [6, 6.07) is 11.5. The number of ketones is 1. The number of non-ortho nitro benzene ring substituents is 1. The van der Waals surface area contributed by atoms with Crippen LogP contribution in [0.25, 0.3) is 5.76 Å². The minimum atomic E-state index is -0.948. The maximum atomic E-state index is 13.2. The Bertz CT molecular complexity index is 1190. The number of rotatable bonds is 9. The second-order valence-corrected chi connectivity index (χ2v) is 9.34. The molecule has 0 aliphatic carbocycles. The van der Waals surface area contributed by atoms with Crippen molar-refractivity contribution in [1.29, 1.82) is 0 Å². The lowest BCUT2D eigenvalue weighted by Crippen LogP contribution is -2.39. The van der Waals surface area contributed by atoms with Crippen LogP contribution in [0.4, 0.5) is 5.69 Å². The van der Waals surface area contributed by atoms with Gasteiger partial charge in [0.25, 0.3) is 17.4 Å². The highest BCUT2D eigenvalue weighted by Crippen LogP contribution is 2.40. The zero-order valence-electron chi connectivity index (χ0n) is 21.0. The standard InChI is InChI=1S/C27H31N3O7/c1-18(2)37-22-9-7-19(8-10-22)25(31)23-24(20-5-3-6-21(17-20)30(34)35)29(27(33)26(23)32)12-4-11-28-13-15-36-16-14-28/h3,5-10,17-18,24,31H,4,11-16H2,1-2H3/t24-/m1/s1. The van der Waals surface area contributed by atoms with Crippen LogP contribution in [-0.4, -0.2) is 77.0 Å². The van der Waals surface area contributed by atoms with Gasteiger partial charge in [-0.2, -0.15) is 0 Å². The summed E-state index contributed by atoms with van der Waals surface area (Å²) in [5.74, 6) is -1.28. The number of aliphatic hydroxyl groups is 1. The van der Waals surface area contributed by atoms with Crippen molar-refractivity contribution in [2.24, 2.45) is 0 Å². The number of nitrogens with zero attached hydrogens (tertiary/aromatic N) is 3. The highest BCUT2D eigenvalue weighted by molar-refractivity contribution is 6.46. The molecule has 2 aliphatic heterocycles. The van der Waals surface area contributed by atoms with Gasteiger partial charge in [-0.1, -0.05) is 12.1 Å². The molecular weight excluding hydrogens is 478 g/mol. The van der Waals surface area contributed by atoms with Crippen LogP contribution >= 0.6 is 0 Å². The van der Waals surface area contributed by atoms with Crippen molar-refractivity contribution >= 4 is 23.1 Å². The normalized spacial score (nSPS) is 20.0. The molecule has 2 saturated heterocycles. The quantitative estimate of drug-likeness (QED) is 0.179. The lowest BCUT2D eigenvalue weighted by molar-refractivity contribution is -0.384. The average Bonchev–Trinajstić information content (AvgIpc) is 3.14. The maximum absolute atomic E-state index is 13.2. The molecular formula is C27H31N3O7. The van der Waals surface area contributed by atoms with Gasteiger partial charge in [0.05, 0.1) is 35.9 Å². The monoisotopic (exact) mass is 509 g/mol. The van der Waals surface area contributed by atoms with E-state index in [4.69, 9.17) is 9.47 Å². The van der Waals surface area contributed by atoms with Gasteiger partial charge in [-0.15, -0.1) is 0 Å². The summed E-state index contributed by atoms with van der Waals surface area (Å²) in [6.07, 6.45) is 0.566. The van der Waals surface area contributed by atoms with E-state index >= 15 is 0 Å². The number of carbonyl (C=O) groups excluding carboxylic acids is 2. The summed E-state index contributed by atoms with van der Waals surface area (Å²) in [4.78, 5) is 40.9. The molecule has 2 aliphatic rings. The number of amides is 1. The van der Waals surface area contributed by atoms with Crippen molar-refractivity contribution in [3.05, 3.63) is 75.3 Å². The SMILES string of the molecule is CC(C)Oc1ccc(C(O)=C2C(=O)C(=O)N(CCCN3CCOCC3)[C@@H]2c2cccc([N+](=O)[O-])c2)cc1. The molecule has 1 atom stereocenters. The Labute approximate surface area is 215 Å². The fourth-order valence-electron chi connectivity index (χ4n) is 4.67. The smallest absolute Gasteiger partial charge is 0.295 e. The number of ether oxygens (including phenoxy) is 2. The first-order valence-electron chi connectivity index (χ1n) is 12.4. The van der Waals surface area contributed by atoms with E-state index in [1.807, 2.05) is 13.8 Å². The number of nitro groups is 1. The van der Waals surface area contributed by atoms with Crippen molar-refractivity contribution in [1.82, 2.24) is 9.80 Å². The second-order valence-electron chi connectivity index (χ2n) is 9.34. The highest BCUT2D eigenvalue weighted by Gasteiger charge is 2.46. The first-order chi connectivity index (χ1) is 17.8. The predicted molar refractivity (Wildman–Crippen MR) is 136 cm³/mol. The number of nitro benzene ring substituents is 1. The third-order valence-electron chi connectivity index (χ3n) is 6.41. The minimum absolute atomic E-state index is 0.0314. The Morgan fingerprint density at radius 3 is 2.49 bits per heavy atom. The van der Waals surface area contributed by atoms with E-state index in [0.717, 1.165) is 13.1 Å². The van der Waals surface area contributed by atoms with Gasteiger partial charge in [0.2, 0.25) is 0 Å². The molecule has 10 heteroatoms. The van der Waals surface area contributed by atoms with E-state index in [1.165, 1.54) is 23.1 Å². The summed E-state index contributed by atoms with van der Waals surface area (Å²) in [5, 5.41) is 22.7. The van der Waals surface area contributed by atoms with Crippen molar-refractivity contribution in [3.8, 4) is 5.75 Å². The molecule has 1 amide bonds. The molecule has 0 unspecified atom stereocenters. The van der Waals surface area contributed by atoms with Gasteiger partial charge >= 0.3 is 0 Å². The Morgan fingerprint density at radius 2 is 1.84 bits per heavy atom. The van der Waals surface area contributed by atoms with E-state index in [1.54, 1.807) is 30.3 Å². The van der Waals surface area contributed by atoms with Gasteiger partial charge in [-0.05, 0) is 50.1 Å². The zero-order valence-corrected chi connectivity index (χ0v) is 21.0. The van der Waals surface area contributed by atoms with E-state index in [-0.39, 0.29) is 29.7 Å². The fourth-order valence-corrected chi connectivity index (χ4v) is 4.67. The second kappa shape index (κ2) is 11.5. The van der Waals surface area contributed by atoms with Gasteiger partial charge in [0, 0.05) is 43.9 Å². The van der Waals surface area contributed by atoms with Crippen molar-refractivity contribution in [2.75, 3.05) is 39.4 Å². The van der Waals surface area contributed by atoms with Crippen molar-refractivity contribution in [2.45, 2.75) is 32.4 Å².